The van der Waals surface area contributed by atoms with E-state index in [4.69, 9.17) is 28.9 Å². The first-order valence-electron chi connectivity index (χ1n) is 6.93. The summed E-state index contributed by atoms with van der Waals surface area (Å²) in [4.78, 5) is 2.52. The van der Waals surface area contributed by atoms with Gasteiger partial charge in [-0.2, -0.15) is 0 Å². The van der Waals surface area contributed by atoms with Crippen LogP contribution in [-0.2, 0) is 0 Å². The minimum absolute atomic E-state index is 0.214. The van der Waals surface area contributed by atoms with Crippen LogP contribution in [-0.4, -0.2) is 24.0 Å². The van der Waals surface area contributed by atoms with Gasteiger partial charge in [-0.05, 0) is 42.5 Å². The van der Waals surface area contributed by atoms with Crippen molar-refractivity contribution in [3.8, 4) is 0 Å². The maximum absolute atomic E-state index is 6.11. The molecule has 0 aliphatic heterocycles. The fraction of sp³-hybridized carbons (Fsp3) is 0.600. The van der Waals surface area contributed by atoms with Crippen LogP contribution >= 0.6 is 23.2 Å². The number of hydrogen-bond donors (Lipinski definition) is 1. The third-order valence-corrected chi connectivity index (χ3v) is 3.92. The summed E-state index contributed by atoms with van der Waals surface area (Å²) in [6.07, 6.45) is 2.55. The molecular weight excluding hydrogens is 279 g/mol. The molecule has 1 aliphatic carbocycles. The quantitative estimate of drug-likeness (QED) is 0.856. The molecule has 4 heteroatoms. The van der Waals surface area contributed by atoms with Crippen LogP contribution in [0.1, 0.15) is 38.3 Å². The van der Waals surface area contributed by atoms with Gasteiger partial charge in [0.05, 0.1) is 0 Å². The highest BCUT2D eigenvalue weighted by atomic mass is 35.5. The highest BCUT2D eigenvalue weighted by Crippen LogP contribution is 2.36. The molecule has 0 aromatic heterocycles. The van der Waals surface area contributed by atoms with Crippen molar-refractivity contribution in [3.05, 3.63) is 33.8 Å². The zero-order chi connectivity index (χ0) is 14.0. The van der Waals surface area contributed by atoms with Crippen molar-refractivity contribution in [3.63, 3.8) is 0 Å². The standard InChI is InChI=1S/C15H22Cl2N2/c1-10(2)9-19(14-3-4-14)15(8-18)11-5-12(16)7-13(17)6-11/h5-7,10,14-15H,3-4,8-9,18H2,1-2H3. The molecule has 2 nitrogen and oxygen atoms in total. The Hall–Kier alpha value is -0.280. The van der Waals surface area contributed by atoms with E-state index >= 15 is 0 Å². The summed E-state index contributed by atoms with van der Waals surface area (Å²) in [5.41, 5.74) is 7.15. The third-order valence-electron chi connectivity index (χ3n) is 3.49. The average molecular weight is 301 g/mol. The van der Waals surface area contributed by atoms with Gasteiger partial charge in [0.2, 0.25) is 0 Å². The van der Waals surface area contributed by atoms with Gasteiger partial charge in [-0.25, -0.2) is 0 Å². The van der Waals surface area contributed by atoms with E-state index in [1.54, 1.807) is 6.07 Å². The maximum Gasteiger partial charge on any atom is 0.0474 e. The number of benzene rings is 1. The number of nitrogens with zero attached hydrogens (tertiary/aromatic N) is 1. The van der Waals surface area contributed by atoms with Crippen LogP contribution in [0.25, 0.3) is 0 Å². The van der Waals surface area contributed by atoms with E-state index in [1.807, 2.05) is 12.1 Å². The molecule has 1 aromatic rings. The number of rotatable bonds is 6. The summed E-state index contributed by atoms with van der Waals surface area (Å²) in [7, 11) is 0. The second-order valence-corrected chi connectivity index (χ2v) is 6.65. The number of nitrogens with two attached hydrogens (primary N) is 1. The summed E-state index contributed by atoms with van der Waals surface area (Å²) in [5, 5.41) is 1.36. The van der Waals surface area contributed by atoms with Crippen LogP contribution in [0.2, 0.25) is 10.0 Å². The fourth-order valence-corrected chi connectivity index (χ4v) is 3.13. The minimum Gasteiger partial charge on any atom is -0.329 e. The Morgan fingerprint density at radius 1 is 1.21 bits per heavy atom. The van der Waals surface area contributed by atoms with Crippen molar-refractivity contribution in [1.82, 2.24) is 4.90 Å². The molecule has 0 saturated heterocycles. The molecule has 0 bridgehead atoms. The zero-order valence-corrected chi connectivity index (χ0v) is 13.1. The van der Waals surface area contributed by atoms with Gasteiger partial charge in [0.25, 0.3) is 0 Å². The smallest absolute Gasteiger partial charge is 0.0474 e. The Morgan fingerprint density at radius 3 is 2.21 bits per heavy atom. The lowest BCUT2D eigenvalue weighted by molar-refractivity contribution is 0.169. The topological polar surface area (TPSA) is 29.3 Å². The summed E-state index contributed by atoms with van der Waals surface area (Å²) >= 11 is 12.2. The second-order valence-electron chi connectivity index (χ2n) is 5.78. The van der Waals surface area contributed by atoms with Gasteiger partial charge in [0.15, 0.2) is 0 Å². The van der Waals surface area contributed by atoms with Crippen molar-refractivity contribution in [2.24, 2.45) is 11.7 Å². The van der Waals surface area contributed by atoms with Gasteiger partial charge < -0.3 is 5.73 Å². The first kappa shape index (κ1) is 15.1. The molecule has 0 amide bonds. The Kier molecular flexibility index (Phi) is 5.13. The van der Waals surface area contributed by atoms with Crippen LogP contribution in [0.15, 0.2) is 18.2 Å². The summed E-state index contributed by atoms with van der Waals surface area (Å²) < 4.78 is 0. The Morgan fingerprint density at radius 2 is 1.79 bits per heavy atom. The number of halogens is 2. The van der Waals surface area contributed by atoms with Gasteiger partial charge in [-0.1, -0.05) is 37.0 Å². The van der Waals surface area contributed by atoms with Crippen molar-refractivity contribution in [1.29, 1.82) is 0 Å². The molecule has 1 aliphatic rings. The Bertz CT molecular complexity index is 410. The Balaban J connectivity index is 2.25. The third kappa shape index (κ3) is 4.09. The molecule has 0 heterocycles. The lowest BCUT2D eigenvalue weighted by atomic mass is 10.0. The fourth-order valence-electron chi connectivity index (χ4n) is 2.59. The molecule has 19 heavy (non-hydrogen) atoms. The lowest BCUT2D eigenvalue weighted by Crippen LogP contribution is -2.38. The molecule has 106 valence electrons. The Labute approximate surface area is 125 Å². The number of hydrogen-bond acceptors (Lipinski definition) is 2. The largest absolute Gasteiger partial charge is 0.329 e. The highest BCUT2D eigenvalue weighted by Gasteiger charge is 2.34. The normalized spacial score (nSPS) is 17.2. The molecule has 1 atom stereocenters. The van der Waals surface area contributed by atoms with Crippen molar-refractivity contribution in [2.45, 2.75) is 38.8 Å². The predicted octanol–water partition coefficient (Wildman–Crippen LogP) is 4.11. The van der Waals surface area contributed by atoms with E-state index in [0.29, 0.717) is 28.5 Å². The SMILES string of the molecule is CC(C)CN(C1CC1)C(CN)c1cc(Cl)cc(Cl)c1. The molecule has 1 aromatic carbocycles. The van der Waals surface area contributed by atoms with E-state index < -0.39 is 0 Å². The van der Waals surface area contributed by atoms with E-state index in [1.165, 1.54) is 12.8 Å². The lowest BCUT2D eigenvalue weighted by Gasteiger charge is -2.33. The van der Waals surface area contributed by atoms with Gasteiger partial charge >= 0.3 is 0 Å². The maximum atomic E-state index is 6.11. The van der Waals surface area contributed by atoms with Crippen LogP contribution in [0.5, 0.6) is 0 Å². The molecule has 1 saturated carbocycles. The molecule has 2 N–H and O–H groups in total. The van der Waals surface area contributed by atoms with Crippen LogP contribution < -0.4 is 5.73 Å². The van der Waals surface area contributed by atoms with Gasteiger partial charge in [0.1, 0.15) is 0 Å². The molecule has 0 radical (unpaired) electrons. The predicted molar refractivity (Wildman–Crippen MR) is 82.8 cm³/mol. The van der Waals surface area contributed by atoms with E-state index in [2.05, 4.69) is 18.7 Å². The first-order valence-corrected chi connectivity index (χ1v) is 7.68. The monoisotopic (exact) mass is 300 g/mol. The zero-order valence-electron chi connectivity index (χ0n) is 11.6. The van der Waals surface area contributed by atoms with E-state index in [-0.39, 0.29) is 6.04 Å². The summed E-state index contributed by atoms with van der Waals surface area (Å²) in [5.74, 6) is 0.629. The van der Waals surface area contributed by atoms with Crippen LogP contribution in [0, 0.1) is 5.92 Å². The van der Waals surface area contributed by atoms with Crippen molar-refractivity contribution < 1.29 is 0 Å². The van der Waals surface area contributed by atoms with Crippen LogP contribution in [0.4, 0.5) is 0 Å². The second kappa shape index (κ2) is 6.45. The first-order chi connectivity index (χ1) is 9.01. The molecule has 0 spiro atoms. The highest BCUT2D eigenvalue weighted by molar-refractivity contribution is 6.34. The molecule has 1 fully saturated rings. The van der Waals surface area contributed by atoms with Crippen molar-refractivity contribution in [2.75, 3.05) is 13.1 Å². The van der Waals surface area contributed by atoms with Crippen LogP contribution in [0.3, 0.4) is 0 Å². The average Bonchev–Trinajstić information content (AvgIpc) is 3.10. The summed E-state index contributed by atoms with van der Waals surface area (Å²) in [6, 6.07) is 6.63. The molecule has 1 unspecified atom stereocenters. The van der Waals surface area contributed by atoms with Gasteiger partial charge in [-0.3, -0.25) is 4.90 Å². The van der Waals surface area contributed by atoms with Gasteiger partial charge in [-0.15, -0.1) is 0 Å². The van der Waals surface area contributed by atoms with E-state index in [0.717, 1.165) is 12.1 Å². The van der Waals surface area contributed by atoms with Crippen molar-refractivity contribution >= 4 is 23.2 Å². The molecule has 2 rings (SSSR count). The van der Waals surface area contributed by atoms with Gasteiger partial charge in [0, 0.05) is 35.2 Å². The van der Waals surface area contributed by atoms with E-state index in [9.17, 15) is 0 Å². The minimum atomic E-state index is 0.214. The summed E-state index contributed by atoms with van der Waals surface area (Å²) in [6.45, 7) is 6.15. The molecular formula is C15H22Cl2N2.